The van der Waals surface area contributed by atoms with E-state index < -0.39 is 0 Å². The van der Waals surface area contributed by atoms with Crippen LogP contribution in [-0.4, -0.2) is 6.29 Å². The van der Waals surface area contributed by atoms with E-state index in [0.717, 1.165) is 12.7 Å². The molecular weight excluding hydrogens is 192 g/mol. The number of rotatable bonds is 5. The van der Waals surface area contributed by atoms with Crippen LogP contribution in [0.4, 0.5) is 0 Å². The van der Waals surface area contributed by atoms with Crippen molar-refractivity contribution in [2.24, 2.45) is 5.92 Å². The first-order valence-electron chi connectivity index (χ1n) is 5.09. The van der Waals surface area contributed by atoms with Crippen molar-refractivity contribution in [1.29, 1.82) is 0 Å². The lowest BCUT2D eigenvalue weighted by molar-refractivity contribution is -0.108. The van der Waals surface area contributed by atoms with E-state index in [9.17, 15) is 4.79 Å². The summed E-state index contributed by atoms with van der Waals surface area (Å²) in [5.41, 5.74) is 0.162. The molecule has 0 spiro atoms. The van der Waals surface area contributed by atoms with Gasteiger partial charge in [-0.05, 0) is 23.8 Å². The van der Waals surface area contributed by atoms with Crippen molar-refractivity contribution in [2.45, 2.75) is 39.0 Å². The molecule has 0 aliphatic carbocycles. The topological polar surface area (TPSA) is 17.1 Å². The Morgan fingerprint density at radius 3 is 2.71 bits per heavy atom. The lowest BCUT2D eigenvalue weighted by atomic mass is 9.74. The molecule has 0 N–H and O–H groups in total. The monoisotopic (exact) mass is 210 g/mol. The minimum Gasteiger partial charge on any atom is -0.303 e. The molecule has 0 amide bonds. The molecule has 0 saturated heterocycles. The summed E-state index contributed by atoms with van der Waals surface area (Å²) in [5, 5.41) is 2.11. The average Bonchev–Trinajstić information content (AvgIpc) is 2.66. The van der Waals surface area contributed by atoms with E-state index in [-0.39, 0.29) is 5.41 Å². The van der Waals surface area contributed by atoms with Crippen LogP contribution >= 0.6 is 11.3 Å². The first-order valence-corrected chi connectivity index (χ1v) is 5.97. The molecule has 0 saturated carbocycles. The molecule has 1 aromatic rings. The summed E-state index contributed by atoms with van der Waals surface area (Å²) in [7, 11) is 0. The van der Waals surface area contributed by atoms with E-state index >= 15 is 0 Å². The molecule has 1 unspecified atom stereocenters. The smallest absolute Gasteiger partial charge is 0.120 e. The summed E-state index contributed by atoms with van der Waals surface area (Å²) < 4.78 is 0. The van der Waals surface area contributed by atoms with Crippen LogP contribution in [0.5, 0.6) is 0 Å². The Balaban J connectivity index is 2.87. The number of hydrogen-bond donors (Lipinski definition) is 0. The molecule has 2 heteroatoms. The molecule has 1 heterocycles. The van der Waals surface area contributed by atoms with Gasteiger partial charge in [-0.25, -0.2) is 0 Å². The zero-order chi connectivity index (χ0) is 10.6. The molecule has 0 radical (unpaired) electrons. The van der Waals surface area contributed by atoms with Crippen molar-refractivity contribution < 1.29 is 4.79 Å². The van der Waals surface area contributed by atoms with E-state index in [1.807, 2.05) is 0 Å². The van der Waals surface area contributed by atoms with Gasteiger partial charge in [0, 0.05) is 16.7 Å². The largest absolute Gasteiger partial charge is 0.303 e. The summed E-state index contributed by atoms with van der Waals surface area (Å²) in [5.74, 6) is 0.570. The summed E-state index contributed by atoms with van der Waals surface area (Å²) in [6, 6.07) is 4.26. The van der Waals surface area contributed by atoms with Gasteiger partial charge >= 0.3 is 0 Å². The molecule has 0 bridgehead atoms. The second-order valence-electron chi connectivity index (χ2n) is 4.25. The van der Waals surface area contributed by atoms with Gasteiger partial charge in [0.05, 0.1) is 0 Å². The minimum atomic E-state index is 0.162. The van der Waals surface area contributed by atoms with E-state index in [1.165, 1.54) is 4.88 Å². The van der Waals surface area contributed by atoms with E-state index in [1.54, 1.807) is 11.3 Å². The third-order valence-electron chi connectivity index (χ3n) is 3.14. The number of carbonyl (C=O) groups excluding carboxylic acids is 1. The highest BCUT2D eigenvalue weighted by Gasteiger charge is 2.30. The summed E-state index contributed by atoms with van der Waals surface area (Å²) >= 11 is 1.79. The van der Waals surface area contributed by atoms with Gasteiger partial charge in [-0.15, -0.1) is 11.3 Å². The lowest BCUT2D eigenvalue weighted by Gasteiger charge is -2.32. The lowest BCUT2D eigenvalue weighted by Crippen LogP contribution is -2.27. The van der Waals surface area contributed by atoms with Crippen molar-refractivity contribution >= 4 is 17.6 Å². The maximum Gasteiger partial charge on any atom is 0.120 e. The summed E-state index contributed by atoms with van der Waals surface area (Å²) in [4.78, 5) is 11.8. The van der Waals surface area contributed by atoms with Gasteiger partial charge in [0.25, 0.3) is 0 Å². The van der Waals surface area contributed by atoms with E-state index in [2.05, 4.69) is 38.3 Å². The first kappa shape index (κ1) is 11.4. The Hall–Kier alpha value is -0.630. The van der Waals surface area contributed by atoms with Gasteiger partial charge in [-0.2, -0.15) is 0 Å². The van der Waals surface area contributed by atoms with Crippen LogP contribution in [0, 0.1) is 5.92 Å². The predicted molar refractivity (Wildman–Crippen MR) is 61.8 cm³/mol. The molecule has 1 rings (SSSR count). The molecule has 0 aromatic carbocycles. The Kier molecular flexibility index (Phi) is 3.87. The van der Waals surface area contributed by atoms with Crippen molar-refractivity contribution in [3.05, 3.63) is 22.4 Å². The standard InChI is InChI=1S/C12H18OS/c1-10(2)12(3,7-5-8-13)11-6-4-9-14-11/h4,6,8-10H,5,7H2,1-3H3. The predicted octanol–water partition coefficient (Wildman–Crippen LogP) is 3.64. The van der Waals surface area contributed by atoms with Gasteiger partial charge in [-0.1, -0.05) is 26.8 Å². The highest BCUT2D eigenvalue weighted by atomic mass is 32.1. The fourth-order valence-electron chi connectivity index (χ4n) is 1.66. The summed E-state index contributed by atoms with van der Waals surface area (Å²) in [6.45, 7) is 6.71. The molecule has 1 nitrogen and oxygen atoms in total. The number of carbonyl (C=O) groups is 1. The Bertz CT molecular complexity index is 277. The molecule has 1 atom stereocenters. The zero-order valence-electron chi connectivity index (χ0n) is 9.12. The molecule has 0 aliphatic rings. The average molecular weight is 210 g/mol. The molecule has 78 valence electrons. The van der Waals surface area contributed by atoms with Crippen molar-refractivity contribution in [1.82, 2.24) is 0 Å². The normalized spacial score (nSPS) is 15.4. The van der Waals surface area contributed by atoms with Crippen LogP contribution in [-0.2, 0) is 10.2 Å². The number of aldehydes is 1. The second kappa shape index (κ2) is 4.74. The highest BCUT2D eigenvalue weighted by molar-refractivity contribution is 7.10. The van der Waals surface area contributed by atoms with Crippen LogP contribution in [0.15, 0.2) is 17.5 Å². The zero-order valence-corrected chi connectivity index (χ0v) is 9.93. The van der Waals surface area contributed by atoms with Crippen LogP contribution in [0.25, 0.3) is 0 Å². The molecule has 0 aliphatic heterocycles. The number of hydrogen-bond acceptors (Lipinski definition) is 2. The van der Waals surface area contributed by atoms with Crippen molar-refractivity contribution in [3.63, 3.8) is 0 Å². The van der Waals surface area contributed by atoms with Gasteiger partial charge in [0.15, 0.2) is 0 Å². The minimum absolute atomic E-state index is 0.162. The quantitative estimate of drug-likeness (QED) is 0.678. The molecule has 14 heavy (non-hydrogen) atoms. The third kappa shape index (κ3) is 2.24. The van der Waals surface area contributed by atoms with E-state index in [4.69, 9.17) is 0 Å². The summed E-state index contributed by atoms with van der Waals surface area (Å²) in [6.07, 6.45) is 2.63. The maximum absolute atomic E-state index is 10.4. The van der Waals surface area contributed by atoms with Crippen LogP contribution in [0.1, 0.15) is 38.5 Å². The van der Waals surface area contributed by atoms with Crippen LogP contribution in [0.3, 0.4) is 0 Å². The Morgan fingerprint density at radius 1 is 1.57 bits per heavy atom. The molecule has 1 aromatic heterocycles. The molecular formula is C12H18OS. The van der Waals surface area contributed by atoms with Gasteiger partial charge < -0.3 is 4.79 Å². The first-order chi connectivity index (χ1) is 6.61. The van der Waals surface area contributed by atoms with Gasteiger partial charge in [0.1, 0.15) is 6.29 Å². The third-order valence-corrected chi connectivity index (χ3v) is 4.29. The fourth-order valence-corrected chi connectivity index (χ4v) is 2.73. The van der Waals surface area contributed by atoms with Crippen molar-refractivity contribution in [2.75, 3.05) is 0 Å². The van der Waals surface area contributed by atoms with Crippen LogP contribution < -0.4 is 0 Å². The Labute approximate surface area is 90.2 Å². The van der Waals surface area contributed by atoms with Gasteiger partial charge in [0.2, 0.25) is 0 Å². The SMILES string of the molecule is CC(C)C(C)(CCC=O)c1cccs1. The second-order valence-corrected chi connectivity index (χ2v) is 5.20. The van der Waals surface area contributed by atoms with Crippen LogP contribution in [0.2, 0.25) is 0 Å². The fraction of sp³-hybridized carbons (Fsp3) is 0.583. The Morgan fingerprint density at radius 2 is 2.29 bits per heavy atom. The molecule has 0 fully saturated rings. The maximum atomic E-state index is 10.4. The van der Waals surface area contributed by atoms with Gasteiger partial charge in [-0.3, -0.25) is 0 Å². The number of thiophene rings is 1. The highest BCUT2D eigenvalue weighted by Crippen LogP contribution is 2.38. The van der Waals surface area contributed by atoms with E-state index in [0.29, 0.717) is 12.3 Å². The van der Waals surface area contributed by atoms with Crippen molar-refractivity contribution in [3.8, 4) is 0 Å².